The Hall–Kier alpha value is -1.58. The maximum Gasteiger partial charge on any atom is 0.349 e. The van der Waals surface area contributed by atoms with Gasteiger partial charge in [0.1, 0.15) is 11.5 Å². The SMILES string of the molecule is CC(C)CC(F)(C(=O)Oc1ccc(O)cc1)C(C)(C)C. The molecule has 4 heteroatoms. The van der Waals surface area contributed by atoms with E-state index >= 15 is 4.39 Å². The van der Waals surface area contributed by atoms with Gasteiger partial charge in [-0.3, -0.25) is 0 Å². The number of alkyl halides is 1. The van der Waals surface area contributed by atoms with Gasteiger partial charge in [0.05, 0.1) is 0 Å². The monoisotopic (exact) mass is 282 g/mol. The number of phenolic OH excluding ortho intramolecular Hbond substituents is 1. The second-order valence-electron chi connectivity index (χ2n) is 6.53. The number of hydrogen-bond acceptors (Lipinski definition) is 3. The molecule has 0 aliphatic rings. The van der Waals surface area contributed by atoms with Crippen molar-refractivity contribution in [1.29, 1.82) is 0 Å². The number of carbonyl (C=O) groups excluding carboxylic acids is 1. The Kier molecular flexibility index (Phi) is 4.79. The fourth-order valence-electron chi connectivity index (χ4n) is 1.96. The molecular formula is C16H23FO3. The summed E-state index contributed by atoms with van der Waals surface area (Å²) in [5.74, 6) is -0.562. The van der Waals surface area contributed by atoms with Crippen molar-refractivity contribution in [3.8, 4) is 11.5 Å². The van der Waals surface area contributed by atoms with Crippen LogP contribution in [0.4, 0.5) is 4.39 Å². The number of carbonyl (C=O) groups is 1. The maximum atomic E-state index is 15.2. The molecule has 0 heterocycles. The summed E-state index contributed by atoms with van der Waals surface area (Å²) >= 11 is 0. The third kappa shape index (κ3) is 3.71. The van der Waals surface area contributed by atoms with Crippen LogP contribution in [0.2, 0.25) is 0 Å². The molecule has 0 saturated heterocycles. The molecule has 0 aliphatic heterocycles. The molecule has 0 fully saturated rings. The van der Waals surface area contributed by atoms with E-state index in [1.54, 1.807) is 20.8 Å². The molecule has 0 spiro atoms. The van der Waals surface area contributed by atoms with E-state index in [9.17, 15) is 9.90 Å². The molecule has 1 aromatic carbocycles. The number of esters is 1. The molecule has 1 rings (SSSR count). The number of phenols is 1. The van der Waals surface area contributed by atoms with Crippen LogP contribution in [0, 0.1) is 11.3 Å². The van der Waals surface area contributed by atoms with Crippen molar-refractivity contribution in [1.82, 2.24) is 0 Å². The molecule has 1 atom stereocenters. The minimum atomic E-state index is -2.06. The van der Waals surface area contributed by atoms with E-state index in [0.29, 0.717) is 0 Å². The fourth-order valence-corrected chi connectivity index (χ4v) is 1.96. The van der Waals surface area contributed by atoms with E-state index in [0.717, 1.165) is 0 Å². The van der Waals surface area contributed by atoms with E-state index in [1.807, 2.05) is 13.8 Å². The number of hydrogen-bond donors (Lipinski definition) is 1. The van der Waals surface area contributed by atoms with Crippen molar-refractivity contribution in [2.45, 2.75) is 46.7 Å². The Bertz CT molecular complexity index is 460. The summed E-state index contributed by atoms with van der Waals surface area (Å²) < 4.78 is 20.3. The Balaban J connectivity index is 2.97. The van der Waals surface area contributed by atoms with Crippen LogP contribution in [0.1, 0.15) is 41.0 Å². The average Bonchev–Trinajstić information content (AvgIpc) is 2.29. The number of ether oxygens (including phenoxy) is 1. The molecule has 20 heavy (non-hydrogen) atoms. The lowest BCUT2D eigenvalue weighted by Crippen LogP contribution is -2.49. The first-order valence-electron chi connectivity index (χ1n) is 6.76. The first-order chi connectivity index (χ1) is 9.06. The molecule has 0 radical (unpaired) electrons. The molecule has 1 aromatic rings. The highest BCUT2D eigenvalue weighted by Crippen LogP contribution is 2.40. The van der Waals surface area contributed by atoms with Gasteiger partial charge in [-0.05, 0) is 36.6 Å². The van der Waals surface area contributed by atoms with Crippen LogP contribution < -0.4 is 4.74 Å². The second-order valence-corrected chi connectivity index (χ2v) is 6.53. The zero-order chi connectivity index (χ0) is 15.6. The van der Waals surface area contributed by atoms with E-state index in [-0.39, 0.29) is 23.8 Å². The molecule has 0 aromatic heterocycles. The lowest BCUT2D eigenvalue weighted by Gasteiger charge is -2.36. The number of rotatable bonds is 4. The molecule has 112 valence electrons. The van der Waals surface area contributed by atoms with E-state index in [1.165, 1.54) is 24.3 Å². The van der Waals surface area contributed by atoms with Crippen LogP contribution in [-0.4, -0.2) is 16.7 Å². The summed E-state index contributed by atoms with van der Waals surface area (Å²) in [6, 6.07) is 5.65. The highest BCUT2D eigenvalue weighted by atomic mass is 19.1. The van der Waals surface area contributed by atoms with Gasteiger partial charge in [-0.2, -0.15) is 0 Å². The molecule has 0 bridgehead atoms. The van der Waals surface area contributed by atoms with Gasteiger partial charge in [-0.1, -0.05) is 34.6 Å². The van der Waals surface area contributed by atoms with Crippen molar-refractivity contribution < 1.29 is 19.0 Å². The van der Waals surface area contributed by atoms with Crippen molar-refractivity contribution in [2.75, 3.05) is 0 Å². The van der Waals surface area contributed by atoms with Gasteiger partial charge in [0.2, 0.25) is 5.67 Å². The quantitative estimate of drug-likeness (QED) is 0.668. The Labute approximate surface area is 119 Å². The normalized spacial score (nSPS) is 14.9. The average molecular weight is 282 g/mol. The van der Waals surface area contributed by atoms with Crippen LogP contribution in [0.15, 0.2) is 24.3 Å². The molecule has 1 unspecified atom stereocenters. The summed E-state index contributed by atoms with van der Waals surface area (Å²) in [5.41, 5.74) is -2.91. The van der Waals surface area contributed by atoms with Gasteiger partial charge >= 0.3 is 5.97 Å². The van der Waals surface area contributed by atoms with Crippen molar-refractivity contribution in [3.63, 3.8) is 0 Å². The van der Waals surface area contributed by atoms with Crippen LogP contribution in [0.5, 0.6) is 11.5 Å². The summed E-state index contributed by atoms with van der Waals surface area (Å²) in [4.78, 5) is 12.2. The standard InChI is InChI=1S/C16H23FO3/c1-11(2)10-16(17,15(3,4)5)14(19)20-13-8-6-12(18)7-9-13/h6-9,11,18H,10H2,1-5H3. The Morgan fingerprint density at radius 2 is 1.75 bits per heavy atom. The topological polar surface area (TPSA) is 46.5 Å². The third-order valence-corrected chi connectivity index (χ3v) is 3.25. The van der Waals surface area contributed by atoms with Gasteiger partial charge in [0, 0.05) is 5.41 Å². The van der Waals surface area contributed by atoms with Crippen LogP contribution in [0.25, 0.3) is 0 Å². The number of halogens is 1. The summed E-state index contributed by atoms with van der Waals surface area (Å²) in [6.45, 7) is 8.80. The largest absolute Gasteiger partial charge is 0.508 e. The first-order valence-corrected chi connectivity index (χ1v) is 6.76. The van der Waals surface area contributed by atoms with Crippen LogP contribution in [0.3, 0.4) is 0 Å². The molecule has 1 N–H and O–H groups in total. The van der Waals surface area contributed by atoms with Gasteiger partial charge in [-0.15, -0.1) is 0 Å². The van der Waals surface area contributed by atoms with E-state index in [4.69, 9.17) is 4.74 Å². The molecule has 0 aliphatic carbocycles. The molecular weight excluding hydrogens is 259 g/mol. The summed E-state index contributed by atoms with van der Waals surface area (Å²) in [6.07, 6.45) is 0.105. The minimum absolute atomic E-state index is 0.0339. The molecule has 0 saturated carbocycles. The van der Waals surface area contributed by atoms with Gasteiger partial charge in [-0.25, -0.2) is 9.18 Å². The van der Waals surface area contributed by atoms with Crippen molar-refractivity contribution in [2.24, 2.45) is 11.3 Å². The van der Waals surface area contributed by atoms with Gasteiger partial charge < -0.3 is 9.84 Å². The van der Waals surface area contributed by atoms with E-state index < -0.39 is 17.1 Å². The van der Waals surface area contributed by atoms with E-state index in [2.05, 4.69) is 0 Å². The van der Waals surface area contributed by atoms with Gasteiger partial charge in [0.15, 0.2) is 0 Å². The highest BCUT2D eigenvalue weighted by molar-refractivity contribution is 5.82. The zero-order valence-corrected chi connectivity index (χ0v) is 12.7. The zero-order valence-electron chi connectivity index (χ0n) is 12.7. The lowest BCUT2D eigenvalue weighted by atomic mass is 9.73. The highest BCUT2D eigenvalue weighted by Gasteiger charge is 2.51. The lowest BCUT2D eigenvalue weighted by molar-refractivity contribution is -0.158. The molecule has 3 nitrogen and oxygen atoms in total. The predicted octanol–water partition coefficient (Wildman–Crippen LogP) is 4.10. The second kappa shape index (κ2) is 5.81. The summed E-state index contributed by atoms with van der Waals surface area (Å²) in [5, 5.41) is 9.18. The Morgan fingerprint density at radius 1 is 1.25 bits per heavy atom. The van der Waals surface area contributed by atoms with Crippen molar-refractivity contribution >= 4 is 5.97 Å². The van der Waals surface area contributed by atoms with Gasteiger partial charge in [0.25, 0.3) is 0 Å². The molecule has 0 amide bonds. The number of benzene rings is 1. The van der Waals surface area contributed by atoms with Crippen LogP contribution >= 0.6 is 0 Å². The minimum Gasteiger partial charge on any atom is -0.508 e. The smallest absolute Gasteiger partial charge is 0.349 e. The van der Waals surface area contributed by atoms with Crippen molar-refractivity contribution in [3.05, 3.63) is 24.3 Å². The third-order valence-electron chi connectivity index (χ3n) is 3.25. The maximum absolute atomic E-state index is 15.2. The fraction of sp³-hybridized carbons (Fsp3) is 0.562. The predicted molar refractivity (Wildman–Crippen MR) is 76.5 cm³/mol. The number of aromatic hydroxyl groups is 1. The first kappa shape index (κ1) is 16.5. The summed E-state index contributed by atoms with van der Waals surface area (Å²) in [7, 11) is 0. The van der Waals surface area contributed by atoms with Crippen LogP contribution in [-0.2, 0) is 4.79 Å². The Morgan fingerprint density at radius 3 is 2.15 bits per heavy atom.